The van der Waals surface area contributed by atoms with Crippen molar-refractivity contribution in [3.8, 4) is 0 Å². The van der Waals surface area contributed by atoms with E-state index in [0.717, 1.165) is 35.8 Å². The fraction of sp³-hybridized carbons (Fsp3) is 0.381. The van der Waals surface area contributed by atoms with Crippen molar-refractivity contribution >= 4 is 33.2 Å². The molecule has 29 heavy (non-hydrogen) atoms. The minimum atomic E-state index is -3.43. The fourth-order valence-corrected chi connectivity index (χ4v) is 4.09. The van der Waals surface area contributed by atoms with Crippen molar-refractivity contribution in [3.63, 3.8) is 0 Å². The van der Waals surface area contributed by atoms with Gasteiger partial charge in [-0.2, -0.15) is 0 Å². The minimum Gasteiger partial charge on any atom is -0.348 e. The Balaban J connectivity index is 1.68. The largest absolute Gasteiger partial charge is 0.348 e. The molecule has 0 aromatic heterocycles. The molecule has 0 radical (unpaired) electrons. The number of amides is 1. The van der Waals surface area contributed by atoms with E-state index < -0.39 is 10.0 Å². The van der Waals surface area contributed by atoms with Gasteiger partial charge in [0.05, 0.1) is 22.5 Å². The highest BCUT2D eigenvalue weighted by molar-refractivity contribution is 7.92. The normalized spacial score (nSPS) is 14.7. The predicted octanol–water partition coefficient (Wildman–Crippen LogP) is 3.26. The lowest BCUT2D eigenvalue weighted by atomic mass is 10.1. The number of carbonyl (C=O) groups is 1. The summed E-state index contributed by atoms with van der Waals surface area (Å²) in [5, 5.41) is 3.15. The first-order valence-electron chi connectivity index (χ1n) is 9.56. The third-order valence-electron chi connectivity index (χ3n) is 5.10. The van der Waals surface area contributed by atoms with Crippen molar-refractivity contribution < 1.29 is 13.2 Å². The molecule has 1 fully saturated rings. The summed E-state index contributed by atoms with van der Waals surface area (Å²) in [6.07, 6.45) is 3.62. The number of nitrogens with zero attached hydrogens (tertiary/aromatic N) is 2. The number of likely N-dealkylation sites (tertiary alicyclic amines) is 1. The van der Waals surface area contributed by atoms with Crippen LogP contribution in [0, 0.1) is 0 Å². The molecule has 0 unspecified atom stereocenters. The zero-order valence-corrected chi connectivity index (χ0v) is 18.3. The first-order valence-corrected chi connectivity index (χ1v) is 11.8. The van der Waals surface area contributed by atoms with Crippen LogP contribution in [0.25, 0.3) is 0 Å². The Morgan fingerprint density at radius 2 is 1.83 bits per heavy atom. The molecule has 2 aromatic carbocycles. The summed E-state index contributed by atoms with van der Waals surface area (Å²) in [5.74, 6) is -0.344. The van der Waals surface area contributed by atoms with Gasteiger partial charge in [-0.15, -0.1) is 0 Å². The summed E-state index contributed by atoms with van der Waals surface area (Å²) >= 11 is 6.18. The van der Waals surface area contributed by atoms with Gasteiger partial charge >= 0.3 is 0 Å². The lowest BCUT2D eigenvalue weighted by Crippen LogP contribution is -2.26. The molecule has 1 heterocycles. The molecule has 0 atom stereocenters. The molecule has 6 nitrogen and oxygen atoms in total. The van der Waals surface area contributed by atoms with E-state index in [1.807, 2.05) is 12.1 Å². The lowest BCUT2D eigenvalue weighted by molar-refractivity contribution is 0.0951. The Morgan fingerprint density at radius 1 is 1.14 bits per heavy atom. The van der Waals surface area contributed by atoms with Gasteiger partial charge in [-0.1, -0.05) is 35.9 Å². The predicted molar refractivity (Wildman–Crippen MR) is 117 cm³/mol. The van der Waals surface area contributed by atoms with Crippen molar-refractivity contribution in [2.24, 2.45) is 0 Å². The number of sulfonamides is 1. The Hall–Kier alpha value is -2.09. The van der Waals surface area contributed by atoms with Gasteiger partial charge in [-0.3, -0.25) is 14.0 Å². The summed E-state index contributed by atoms with van der Waals surface area (Å²) < 4.78 is 24.6. The number of benzene rings is 2. The molecule has 3 rings (SSSR count). The van der Waals surface area contributed by atoms with Gasteiger partial charge < -0.3 is 5.32 Å². The molecule has 2 aromatic rings. The molecular weight excluding hydrogens is 410 g/mol. The summed E-state index contributed by atoms with van der Waals surface area (Å²) in [6.45, 7) is 3.57. The standard InChI is InChI=1S/C21H26ClN3O3S/c1-24(29(2,27)28)18-8-9-20(22)19(13-18)21(26)23-14-16-6-5-7-17(12-16)15-25-10-3-4-11-25/h5-9,12-13H,3-4,10-11,14-15H2,1-2H3,(H,23,26). The molecule has 1 aliphatic rings. The Kier molecular flexibility index (Phi) is 6.82. The van der Waals surface area contributed by atoms with E-state index in [1.54, 1.807) is 6.07 Å². The van der Waals surface area contributed by atoms with Crippen molar-refractivity contribution in [2.75, 3.05) is 30.7 Å². The summed E-state index contributed by atoms with van der Waals surface area (Å²) in [6, 6.07) is 12.8. The molecule has 8 heteroatoms. The number of carbonyl (C=O) groups excluding carboxylic acids is 1. The number of anilines is 1. The van der Waals surface area contributed by atoms with E-state index in [-0.39, 0.29) is 16.5 Å². The third kappa shape index (κ3) is 5.72. The van der Waals surface area contributed by atoms with Crippen LogP contribution in [0.5, 0.6) is 0 Å². The van der Waals surface area contributed by atoms with Crippen molar-refractivity contribution in [1.29, 1.82) is 0 Å². The third-order valence-corrected chi connectivity index (χ3v) is 6.64. The van der Waals surface area contributed by atoms with Crippen LogP contribution in [0.1, 0.15) is 34.3 Å². The molecular formula is C21H26ClN3O3S. The summed E-state index contributed by atoms with van der Waals surface area (Å²) in [4.78, 5) is 15.1. The summed E-state index contributed by atoms with van der Waals surface area (Å²) in [7, 11) is -1.99. The average Bonchev–Trinajstić information content (AvgIpc) is 3.18. The zero-order chi connectivity index (χ0) is 21.0. The number of hydrogen-bond donors (Lipinski definition) is 1. The fourth-order valence-electron chi connectivity index (χ4n) is 3.39. The highest BCUT2D eigenvalue weighted by Crippen LogP contribution is 2.24. The highest BCUT2D eigenvalue weighted by atomic mass is 35.5. The van der Waals surface area contributed by atoms with E-state index in [0.29, 0.717) is 12.2 Å². The van der Waals surface area contributed by atoms with Crippen LogP contribution in [0.2, 0.25) is 5.02 Å². The maximum absolute atomic E-state index is 12.7. The van der Waals surface area contributed by atoms with Crippen LogP contribution in [0.4, 0.5) is 5.69 Å². The van der Waals surface area contributed by atoms with E-state index >= 15 is 0 Å². The highest BCUT2D eigenvalue weighted by Gasteiger charge is 2.17. The van der Waals surface area contributed by atoms with Crippen LogP contribution in [0.15, 0.2) is 42.5 Å². The second-order valence-corrected chi connectivity index (χ2v) is 9.80. The van der Waals surface area contributed by atoms with Crippen molar-refractivity contribution in [1.82, 2.24) is 10.2 Å². The minimum absolute atomic E-state index is 0.243. The van der Waals surface area contributed by atoms with Gasteiger partial charge in [0.15, 0.2) is 0 Å². The maximum Gasteiger partial charge on any atom is 0.253 e. The Bertz CT molecular complexity index is 988. The SMILES string of the molecule is CN(c1ccc(Cl)c(C(=O)NCc2cccc(CN3CCCC3)c2)c1)S(C)(=O)=O. The average molecular weight is 436 g/mol. The van der Waals surface area contributed by atoms with Crippen LogP contribution < -0.4 is 9.62 Å². The molecule has 0 saturated carbocycles. The number of halogens is 1. The first-order chi connectivity index (χ1) is 13.7. The van der Waals surface area contributed by atoms with Crippen LogP contribution >= 0.6 is 11.6 Å². The molecule has 0 spiro atoms. The topological polar surface area (TPSA) is 69.7 Å². The Morgan fingerprint density at radius 3 is 2.52 bits per heavy atom. The van der Waals surface area contributed by atoms with Gasteiger partial charge in [0.2, 0.25) is 10.0 Å². The van der Waals surface area contributed by atoms with Crippen LogP contribution in [0.3, 0.4) is 0 Å². The smallest absolute Gasteiger partial charge is 0.253 e. The maximum atomic E-state index is 12.7. The molecule has 1 N–H and O–H groups in total. The van der Waals surface area contributed by atoms with E-state index in [1.165, 1.54) is 37.6 Å². The van der Waals surface area contributed by atoms with Gasteiger partial charge in [-0.05, 0) is 55.3 Å². The van der Waals surface area contributed by atoms with E-state index in [9.17, 15) is 13.2 Å². The molecule has 0 bridgehead atoms. The lowest BCUT2D eigenvalue weighted by Gasteiger charge is -2.18. The second-order valence-electron chi connectivity index (χ2n) is 7.38. The van der Waals surface area contributed by atoms with Gasteiger partial charge in [-0.25, -0.2) is 8.42 Å². The molecule has 0 aliphatic carbocycles. The Labute approximate surface area is 177 Å². The number of hydrogen-bond acceptors (Lipinski definition) is 4. The van der Waals surface area contributed by atoms with E-state index in [4.69, 9.17) is 11.6 Å². The van der Waals surface area contributed by atoms with Crippen molar-refractivity contribution in [3.05, 3.63) is 64.2 Å². The second kappa shape index (κ2) is 9.15. The summed E-state index contributed by atoms with van der Waals surface area (Å²) in [5.41, 5.74) is 2.87. The molecule has 1 aliphatic heterocycles. The van der Waals surface area contributed by atoms with Crippen LogP contribution in [-0.4, -0.2) is 45.6 Å². The van der Waals surface area contributed by atoms with Gasteiger partial charge in [0.25, 0.3) is 5.91 Å². The van der Waals surface area contributed by atoms with Crippen LogP contribution in [-0.2, 0) is 23.1 Å². The zero-order valence-electron chi connectivity index (χ0n) is 16.7. The number of rotatable bonds is 7. The molecule has 1 saturated heterocycles. The molecule has 1 amide bonds. The van der Waals surface area contributed by atoms with E-state index in [2.05, 4.69) is 22.3 Å². The van der Waals surface area contributed by atoms with Crippen molar-refractivity contribution in [2.45, 2.75) is 25.9 Å². The molecule has 156 valence electrons. The monoisotopic (exact) mass is 435 g/mol. The quantitative estimate of drug-likeness (QED) is 0.724. The number of nitrogens with one attached hydrogen (secondary N) is 1. The van der Waals surface area contributed by atoms with Gasteiger partial charge in [0.1, 0.15) is 0 Å². The first kappa shape index (κ1) is 21.6. The van der Waals surface area contributed by atoms with Gasteiger partial charge in [0, 0.05) is 20.1 Å².